The van der Waals surface area contributed by atoms with Gasteiger partial charge in [0.05, 0.1) is 10.5 Å². The average molecular weight is 325 g/mol. The fourth-order valence-corrected chi connectivity index (χ4v) is 3.09. The van der Waals surface area contributed by atoms with Gasteiger partial charge in [0.25, 0.3) is 11.6 Å². The van der Waals surface area contributed by atoms with Crippen LogP contribution in [0.5, 0.6) is 0 Å². The van der Waals surface area contributed by atoms with Crippen molar-refractivity contribution in [3.05, 3.63) is 63.7 Å². The molecule has 0 fully saturated rings. The summed E-state index contributed by atoms with van der Waals surface area (Å²) in [5.41, 5.74) is 2.98. The second-order valence-electron chi connectivity index (χ2n) is 6.04. The van der Waals surface area contributed by atoms with Crippen molar-refractivity contribution in [2.45, 2.75) is 12.8 Å². The third-order valence-corrected chi connectivity index (χ3v) is 4.26. The van der Waals surface area contributed by atoms with Gasteiger partial charge >= 0.3 is 0 Å². The van der Waals surface area contributed by atoms with Crippen LogP contribution in [-0.2, 0) is 6.42 Å². The molecule has 24 heavy (non-hydrogen) atoms. The first-order chi connectivity index (χ1) is 11.5. The molecule has 1 aliphatic rings. The van der Waals surface area contributed by atoms with E-state index in [1.807, 2.05) is 38.4 Å². The standard InChI is InChI=1S/C18H19N3O3/c1-19(2)17-10-9-14(21(23)24)12-15(17)18(22)20-11-5-7-13-6-3-4-8-16(13)20/h3-4,6,8-10,12H,5,7,11H2,1-2H3. The number of hydrogen-bond acceptors (Lipinski definition) is 4. The van der Waals surface area contributed by atoms with Crippen LogP contribution in [0.4, 0.5) is 17.1 Å². The molecule has 0 N–H and O–H groups in total. The average Bonchev–Trinajstić information content (AvgIpc) is 2.60. The van der Waals surface area contributed by atoms with Crippen molar-refractivity contribution in [2.75, 3.05) is 30.4 Å². The first-order valence-corrected chi connectivity index (χ1v) is 7.84. The third-order valence-electron chi connectivity index (χ3n) is 4.26. The molecule has 1 heterocycles. The third kappa shape index (κ3) is 2.82. The van der Waals surface area contributed by atoms with Gasteiger partial charge in [-0.2, -0.15) is 0 Å². The summed E-state index contributed by atoms with van der Waals surface area (Å²) in [6, 6.07) is 12.2. The number of para-hydroxylation sites is 1. The number of nitro groups is 1. The van der Waals surface area contributed by atoms with E-state index < -0.39 is 4.92 Å². The summed E-state index contributed by atoms with van der Waals surface area (Å²) in [4.78, 5) is 27.3. The maximum Gasteiger partial charge on any atom is 0.270 e. The van der Waals surface area contributed by atoms with E-state index >= 15 is 0 Å². The summed E-state index contributed by atoms with van der Waals surface area (Å²) in [5, 5.41) is 11.1. The fraction of sp³-hybridized carbons (Fsp3) is 0.278. The summed E-state index contributed by atoms with van der Waals surface area (Å²) in [7, 11) is 3.64. The highest BCUT2D eigenvalue weighted by molar-refractivity contribution is 6.10. The Kier molecular flexibility index (Phi) is 4.20. The van der Waals surface area contributed by atoms with Crippen LogP contribution in [0.2, 0.25) is 0 Å². The SMILES string of the molecule is CN(C)c1ccc([N+](=O)[O-])cc1C(=O)N1CCCc2ccccc21. The van der Waals surface area contributed by atoms with Crippen molar-refractivity contribution in [1.29, 1.82) is 0 Å². The van der Waals surface area contributed by atoms with Crippen molar-refractivity contribution in [3.8, 4) is 0 Å². The zero-order valence-corrected chi connectivity index (χ0v) is 13.7. The number of fused-ring (bicyclic) bond motifs is 1. The number of rotatable bonds is 3. The molecule has 3 rings (SSSR count). The van der Waals surface area contributed by atoms with Gasteiger partial charge in [0.15, 0.2) is 0 Å². The number of nitro benzene ring substituents is 1. The second-order valence-corrected chi connectivity index (χ2v) is 6.04. The molecule has 0 aliphatic carbocycles. The molecule has 2 aromatic carbocycles. The number of carbonyl (C=O) groups is 1. The number of carbonyl (C=O) groups excluding carboxylic acids is 1. The quantitative estimate of drug-likeness (QED) is 0.642. The Balaban J connectivity index is 2.07. The first kappa shape index (κ1) is 16.0. The van der Waals surface area contributed by atoms with E-state index in [0.717, 1.165) is 24.1 Å². The second kappa shape index (κ2) is 6.31. The van der Waals surface area contributed by atoms with E-state index in [4.69, 9.17) is 0 Å². The van der Waals surface area contributed by atoms with Gasteiger partial charge in [-0.1, -0.05) is 18.2 Å². The monoisotopic (exact) mass is 325 g/mol. The Morgan fingerprint density at radius 3 is 2.67 bits per heavy atom. The molecule has 1 amide bonds. The number of hydrogen-bond donors (Lipinski definition) is 0. The molecule has 2 aromatic rings. The molecule has 0 radical (unpaired) electrons. The van der Waals surface area contributed by atoms with Crippen LogP contribution in [0.3, 0.4) is 0 Å². The van der Waals surface area contributed by atoms with Gasteiger partial charge in [-0.3, -0.25) is 14.9 Å². The molecule has 0 aromatic heterocycles. The lowest BCUT2D eigenvalue weighted by Gasteiger charge is -2.30. The lowest BCUT2D eigenvalue weighted by Crippen LogP contribution is -2.36. The maximum absolute atomic E-state index is 13.1. The lowest BCUT2D eigenvalue weighted by molar-refractivity contribution is -0.384. The number of aryl methyl sites for hydroxylation is 1. The van der Waals surface area contributed by atoms with Gasteiger partial charge in [0.2, 0.25) is 0 Å². The van der Waals surface area contributed by atoms with E-state index in [0.29, 0.717) is 17.8 Å². The highest BCUT2D eigenvalue weighted by Crippen LogP contribution is 2.31. The maximum atomic E-state index is 13.1. The summed E-state index contributed by atoms with van der Waals surface area (Å²) in [5.74, 6) is -0.199. The van der Waals surface area contributed by atoms with Gasteiger partial charge in [0, 0.05) is 44.1 Å². The molecule has 0 bridgehead atoms. The predicted molar refractivity (Wildman–Crippen MR) is 93.9 cm³/mol. The zero-order chi connectivity index (χ0) is 17.3. The number of anilines is 2. The van der Waals surface area contributed by atoms with Crippen LogP contribution in [0.15, 0.2) is 42.5 Å². The molecule has 0 unspecified atom stereocenters. The summed E-state index contributed by atoms with van der Waals surface area (Å²) in [6.45, 7) is 0.616. The van der Waals surface area contributed by atoms with Crippen molar-refractivity contribution in [1.82, 2.24) is 0 Å². The van der Waals surface area contributed by atoms with Gasteiger partial charge in [0.1, 0.15) is 0 Å². The summed E-state index contributed by atoms with van der Waals surface area (Å²) < 4.78 is 0. The van der Waals surface area contributed by atoms with Gasteiger partial charge in [-0.25, -0.2) is 0 Å². The van der Waals surface area contributed by atoms with Crippen molar-refractivity contribution < 1.29 is 9.72 Å². The van der Waals surface area contributed by atoms with E-state index in [2.05, 4.69) is 0 Å². The minimum Gasteiger partial charge on any atom is -0.377 e. The number of benzene rings is 2. The molecule has 0 saturated heterocycles. The Morgan fingerprint density at radius 2 is 1.96 bits per heavy atom. The van der Waals surface area contributed by atoms with E-state index in [-0.39, 0.29) is 11.6 Å². The molecule has 6 heteroatoms. The van der Waals surface area contributed by atoms with Gasteiger partial charge < -0.3 is 9.80 Å². The Labute approximate surface area is 140 Å². The summed E-state index contributed by atoms with van der Waals surface area (Å²) >= 11 is 0. The predicted octanol–water partition coefficient (Wildman–Crippen LogP) is 3.25. The zero-order valence-electron chi connectivity index (χ0n) is 13.7. The molecule has 0 spiro atoms. The molecular formula is C18H19N3O3. The first-order valence-electron chi connectivity index (χ1n) is 7.84. The number of non-ortho nitro benzene ring substituents is 1. The van der Waals surface area contributed by atoms with Gasteiger partial charge in [-0.15, -0.1) is 0 Å². The largest absolute Gasteiger partial charge is 0.377 e. The highest BCUT2D eigenvalue weighted by atomic mass is 16.6. The van der Waals surface area contributed by atoms with Gasteiger partial charge in [-0.05, 0) is 30.5 Å². The minimum atomic E-state index is -0.472. The van der Waals surface area contributed by atoms with Crippen molar-refractivity contribution >= 4 is 23.0 Å². The topological polar surface area (TPSA) is 66.7 Å². The molecule has 124 valence electrons. The van der Waals surface area contributed by atoms with E-state index in [9.17, 15) is 14.9 Å². The Bertz CT molecular complexity index is 802. The number of amides is 1. The number of nitrogens with zero attached hydrogens (tertiary/aromatic N) is 3. The Hall–Kier alpha value is -2.89. The Morgan fingerprint density at radius 1 is 1.21 bits per heavy atom. The molecule has 1 aliphatic heterocycles. The van der Waals surface area contributed by atoms with Crippen molar-refractivity contribution in [3.63, 3.8) is 0 Å². The lowest BCUT2D eigenvalue weighted by atomic mass is 10.00. The smallest absolute Gasteiger partial charge is 0.270 e. The van der Waals surface area contributed by atoms with Crippen molar-refractivity contribution in [2.24, 2.45) is 0 Å². The summed E-state index contributed by atoms with van der Waals surface area (Å²) in [6.07, 6.45) is 1.82. The van der Waals surface area contributed by atoms with Crippen LogP contribution in [0, 0.1) is 10.1 Å². The highest BCUT2D eigenvalue weighted by Gasteiger charge is 2.27. The normalized spacial score (nSPS) is 13.3. The van der Waals surface area contributed by atoms with E-state index in [1.54, 1.807) is 15.9 Å². The molecular weight excluding hydrogens is 306 g/mol. The van der Waals surface area contributed by atoms with E-state index in [1.165, 1.54) is 12.1 Å². The molecule has 6 nitrogen and oxygen atoms in total. The van der Waals surface area contributed by atoms with Crippen LogP contribution in [0.1, 0.15) is 22.3 Å². The van der Waals surface area contributed by atoms with Crippen LogP contribution < -0.4 is 9.80 Å². The molecule has 0 saturated carbocycles. The van der Waals surface area contributed by atoms with Crippen LogP contribution in [-0.4, -0.2) is 31.5 Å². The fourth-order valence-electron chi connectivity index (χ4n) is 3.09. The van der Waals surface area contributed by atoms with Crippen LogP contribution in [0.25, 0.3) is 0 Å². The van der Waals surface area contributed by atoms with Crippen LogP contribution >= 0.6 is 0 Å². The minimum absolute atomic E-state index is 0.0748. The molecule has 0 atom stereocenters.